The summed E-state index contributed by atoms with van der Waals surface area (Å²) in [7, 11) is 0. The molecule has 1 aromatic heterocycles. The third-order valence-corrected chi connectivity index (χ3v) is 2.10. The fourth-order valence-corrected chi connectivity index (χ4v) is 0.898. The fraction of sp³-hybridized carbons (Fsp3) is 0.667. The maximum atomic E-state index is 11.4. The first-order valence-corrected chi connectivity index (χ1v) is 4.83. The molecule has 0 aliphatic rings. The predicted octanol–water partition coefficient (Wildman–Crippen LogP) is 0.448. The molecule has 0 bridgehead atoms. The Kier molecular flexibility index (Phi) is 3.65. The lowest BCUT2D eigenvalue weighted by Crippen LogP contribution is -2.23. The summed E-state index contributed by atoms with van der Waals surface area (Å²) in [5.41, 5.74) is 5.31. The molecule has 1 rings (SSSR count). The van der Waals surface area contributed by atoms with Crippen molar-refractivity contribution in [1.82, 2.24) is 14.8 Å². The summed E-state index contributed by atoms with van der Waals surface area (Å²) in [5, 5.41) is 3.79. The number of ether oxygens (including phenoxy) is 1. The molecule has 0 fully saturated rings. The molecule has 1 atom stereocenters. The Morgan fingerprint density at radius 1 is 1.60 bits per heavy atom. The van der Waals surface area contributed by atoms with Gasteiger partial charge in [-0.1, -0.05) is 13.8 Å². The number of hydrogen-bond donors (Lipinski definition) is 1. The minimum atomic E-state index is -0.332. The van der Waals surface area contributed by atoms with Gasteiger partial charge in [0.15, 0.2) is 0 Å². The van der Waals surface area contributed by atoms with Crippen LogP contribution in [0.5, 0.6) is 0 Å². The predicted molar refractivity (Wildman–Crippen MR) is 54.8 cm³/mol. The highest BCUT2D eigenvalue weighted by Crippen LogP contribution is 2.05. The van der Waals surface area contributed by atoms with E-state index in [4.69, 9.17) is 10.5 Å². The molecule has 1 heterocycles. The minimum absolute atomic E-state index is 0.0429. The Morgan fingerprint density at radius 2 is 2.27 bits per heavy atom. The molecular formula is C9H16N4O2. The van der Waals surface area contributed by atoms with Crippen molar-refractivity contribution in [2.75, 3.05) is 5.73 Å². The Balaban J connectivity index is 2.43. The van der Waals surface area contributed by atoms with E-state index in [1.807, 2.05) is 20.8 Å². The van der Waals surface area contributed by atoms with Crippen molar-refractivity contribution in [1.29, 1.82) is 0 Å². The van der Waals surface area contributed by atoms with Gasteiger partial charge >= 0.3 is 5.97 Å². The SMILES string of the molecule is CC(C)C(C)OC(=O)Cn1cnc(N)n1. The van der Waals surface area contributed by atoms with Crippen LogP contribution in [0.3, 0.4) is 0 Å². The van der Waals surface area contributed by atoms with Crippen LogP contribution in [-0.2, 0) is 16.1 Å². The van der Waals surface area contributed by atoms with Crippen molar-refractivity contribution in [2.24, 2.45) is 5.92 Å². The van der Waals surface area contributed by atoms with Gasteiger partial charge in [-0.15, -0.1) is 5.10 Å². The van der Waals surface area contributed by atoms with Crippen molar-refractivity contribution >= 4 is 11.9 Å². The number of aromatic nitrogens is 3. The summed E-state index contributed by atoms with van der Waals surface area (Å²) in [5.74, 6) is 0.121. The number of rotatable bonds is 4. The van der Waals surface area contributed by atoms with E-state index >= 15 is 0 Å². The third-order valence-electron chi connectivity index (χ3n) is 2.10. The quantitative estimate of drug-likeness (QED) is 0.732. The number of anilines is 1. The molecule has 1 aromatic rings. The monoisotopic (exact) mass is 212 g/mol. The Morgan fingerprint density at radius 3 is 2.73 bits per heavy atom. The largest absolute Gasteiger partial charge is 0.461 e. The van der Waals surface area contributed by atoms with E-state index < -0.39 is 0 Å². The van der Waals surface area contributed by atoms with Gasteiger partial charge in [-0.2, -0.15) is 0 Å². The molecule has 84 valence electrons. The van der Waals surface area contributed by atoms with Gasteiger partial charge in [-0.05, 0) is 12.8 Å². The average molecular weight is 212 g/mol. The Hall–Kier alpha value is -1.59. The summed E-state index contributed by atoms with van der Waals surface area (Å²) in [4.78, 5) is 15.1. The first-order valence-electron chi connectivity index (χ1n) is 4.83. The van der Waals surface area contributed by atoms with E-state index in [-0.39, 0.29) is 24.6 Å². The highest BCUT2D eigenvalue weighted by atomic mass is 16.5. The van der Waals surface area contributed by atoms with Crippen LogP contribution in [-0.4, -0.2) is 26.8 Å². The van der Waals surface area contributed by atoms with Crippen LogP contribution in [0.2, 0.25) is 0 Å². The molecule has 0 saturated heterocycles. The third kappa shape index (κ3) is 3.57. The molecule has 0 amide bonds. The average Bonchev–Trinajstić information content (AvgIpc) is 2.50. The van der Waals surface area contributed by atoms with Crippen LogP contribution in [0.15, 0.2) is 6.33 Å². The van der Waals surface area contributed by atoms with Gasteiger partial charge in [0.25, 0.3) is 0 Å². The normalized spacial score (nSPS) is 12.8. The summed E-state index contributed by atoms with van der Waals surface area (Å²) in [6.45, 7) is 5.89. The number of nitrogens with zero attached hydrogens (tertiary/aromatic N) is 3. The number of carbonyl (C=O) groups is 1. The maximum Gasteiger partial charge on any atom is 0.328 e. The summed E-state index contributed by atoms with van der Waals surface area (Å²) in [6, 6.07) is 0. The second-order valence-electron chi connectivity index (χ2n) is 3.74. The molecule has 0 saturated carbocycles. The molecule has 0 spiro atoms. The molecule has 6 heteroatoms. The standard InChI is InChI=1S/C9H16N4O2/c1-6(2)7(3)15-8(14)4-13-5-11-9(10)12-13/h5-7H,4H2,1-3H3,(H2,10,12). The first-order chi connectivity index (χ1) is 6.99. The zero-order valence-electron chi connectivity index (χ0n) is 9.17. The van der Waals surface area contributed by atoms with E-state index in [0.29, 0.717) is 5.92 Å². The van der Waals surface area contributed by atoms with Gasteiger partial charge in [0, 0.05) is 0 Å². The van der Waals surface area contributed by atoms with Gasteiger partial charge < -0.3 is 10.5 Å². The van der Waals surface area contributed by atoms with Crippen LogP contribution in [0.1, 0.15) is 20.8 Å². The van der Waals surface area contributed by atoms with Crippen molar-refractivity contribution < 1.29 is 9.53 Å². The maximum absolute atomic E-state index is 11.4. The number of nitrogen functional groups attached to an aromatic ring is 1. The summed E-state index contributed by atoms with van der Waals surface area (Å²) in [6.07, 6.45) is 1.30. The highest BCUT2D eigenvalue weighted by Gasteiger charge is 2.13. The second-order valence-corrected chi connectivity index (χ2v) is 3.74. The van der Waals surface area contributed by atoms with Crippen LogP contribution in [0, 0.1) is 5.92 Å². The van der Waals surface area contributed by atoms with Gasteiger partial charge in [-0.3, -0.25) is 4.79 Å². The molecule has 0 aromatic carbocycles. The lowest BCUT2D eigenvalue weighted by atomic mass is 10.1. The van der Waals surface area contributed by atoms with Crippen LogP contribution < -0.4 is 5.73 Å². The van der Waals surface area contributed by atoms with Crippen molar-refractivity contribution in [3.8, 4) is 0 Å². The fourth-order valence-electron chi connectivity index (χ4n) is 0.898. The van der Waals surface area contributed by atoms with Crippen LogP contribution in [0.25, 0.3) is 0 Å². The van der Waals surface area contributed by atoms with E-state index in [1.54, 1.807) is 0 Å². The van der Waals surface area contributed by atoms with Crippen molar-refractivity contribution in [3.63, 3.8) is 0 Å². The van der Waals surface area contributed by atoms with Gasteiger partial charge in [0.2, 0.25) is 5.95 Å². The smallest absolute Gasteiger partial charge is 0.328 e. The molecule has 1 unspecified atom stereocenters. The molecule has 0 aliphatic heterocycles. The molecule has 0 radical (unpaired) electrons. The van der Waals surface area contributed by atoms with Crippen LogP contribution >= 0.6 is 0 Å². The molecule has 15 heavy (non-hydrogen) atoms. The lowest BCUT2D eigenvalue weighted by Gasteiger charge is -2.16. The highest BCUT2D eigenvalue weighted by molar-refractivity contribution is 5.69. The minimum Gasteiger partial charge on any atom is -0.461 e. The number of nitrogens with two attached hydrogens (primary N) is 1. The molecule has 6 nitrogen and oxygen atoms in total. The topological polar surface area (TPSA) is 83.0 Å². The first kappa shape index (κ1) is 11.5. The van der Waals surface area contributed by atoms with E-state index in [0.717, 1.165) is 0 Å². The Labute approximate surface area is 88.4 Å². The van der Waals surface area contributed by atoms with E-state index in [2.05, 4.69) is 10.1 Å². The van der Waals surface area contributed by atoms with E-state index in [9.17, 15) is 4.79 Å². The van der Waals surface area contributed by atoms with Gasteiger partial charge in [-0.25, -0.2) is 9.67 Å². The lowest BCUT2D eigenvalue weighted by molar-refractivity contribution is -0.151. The van der Waals surface area contributed by atoms with E-state index in [1.165, 1.54) is 11.0 Å². The number of esters is 1. The molecule has 0 aliphatic carbocycles. The van der Waals surface area contributed by atoms with Gasteiger partial charge in [0.1, 0.15) is 19.0 Å². The zero-order chi connectivity index (χ0) is 11.4. The number of carbonyl (C=O) groups excluding carboxylic acids is 1. The molecular weight excluding hydrogens is 196 g/mol. The van der Waals surface area contributed by atoms with Crippen LogP contribution in [0.4, 0.5) is 5.95 Å². The molecule has 2 N–H and O–H groups in total. The number of hydrogen-bond acceptors (Lipinski definition) is 5. The van der Waals surface area contributed by atoms with Gasteiger partial charge in [0.05, 0.1) is 0 Å². The van der Waals surface area contributed by atoms with Crippen molar-refractivity contribution in [2.45, 2.75) is 33.4 Å². The van der Waals surface area contributed by atoms with Crippen molar-refractivity contribution in [3.05, 3.63) is 6.33 Å². The second kappa shape index (κ2) is 4.77. The zero-order valence-corrected chi connectivity index (χ0v) is 9.17. The summed E-state index contributed by atoms with van der Waals surface area (Å²) >= 11 is 0. The Bertz CT molecular complexity index is 335. The summed E-state index contributed by atoms with van der Waals surface area (Å²) < 4.78 is 6.51.